The van der Waals surface area contributed by atoms with Crippen LogP contribution in [-0.4, -0.2) is 20.3 Å². The zero-order valence-corrected chi connectivity index (χ0v) is 6.56. The smallest absolute Gasteiger partial charge is 0.203 e. The van der Waals surface area contributed by atoms with Crippen molar-refractivity contribution in [1.82, 2.24) is 4.98 Å². The van der Waals surface area contributed by atoms with E-state index < -0.39 is 0 Å². The second-order valence-electron chi connectivity index (χ2n) is 2.59. The van der Waals surface area contributed by atoms with Crippen LogP contribution in [0.15, 0.2) is 16.9 Å². The van der Waals surface area contributed by atoms with Crippen LogP contribution in [0.3, 0.4) is 0 Å². The molecule has 0 saturated heterocycles. The van der Waals surface area contributed by atoms with E-state index in [1.807, 2.05) is 0 Å². The van der Waals surface area contributed by atoms with Crippen molar-refractivity contribution in [2.24, 2.45) is 0 Å². The van der Waals surface area contributed by atoms with E-state index in [1.165, 1.54) is 6.07 Å². The first-order valence-electron chi connectivity index (χ1n) is 3.62. The monoisotopic (exact) mass is 181 g/mol. The lowest BCUT2D eigenvalue weighted by Crippen LogP contribution is -1.85. The highest BCUT2D eigenvalue weighted by molar-refractivity contribution is 5.84. The Labute approximate surface area is 72.9 Å². The van der Waals surface area contributed by atoms with Gasteiger partial charge in [0.25, 0.3) is 0 Å². The van der Waals surface area contributed by atoms with E-state index in [4.69, 9.17) is 9.52 Å². The van der Waals surface area contributed by atoms with Crippen LogP contribution in [0, 0.1) is 0 Å². The van der Waals surface area contributed by atoms with Gasteiger partial charge in [-0.3, -0.25) is 0 Å². The Morgan fingerprint density at radius 2 is 2.15 bits per heavy atom. The van der Waals surface area contributed by atoms with E-state index >= 15 is 0 Å². The van der Waals surface area contributed by atoms with Gasteiger partial charge in [-0.2, -0.15) is 0 Å². The van der Waals surface area contributed by atoms with Crippen LogP contribution in [-0.2, 0) is 6.61 Å². The average Bonchev–Trinajstić information content (AvgIpc) is 2.60. The molecule has 13 heavy (non-hydrogen) atoms. The summed E-state index contributed by atoms with van der Waals surface area (Å²) in [6, 6.07) is 1.25. The number of fused-ring (bicyclic) bond motifs is 1. The predicted molar refractivity (Wildman–Crippen MR) is 43.3 cm³/mol. The summed E-state index contributed by atoms with van der Waals surface area (Å²) in [5.74, 6) is -0.682. The number of phenolic OH excluding ortho intramolecular Hbond substituents is 2. The van der Waals surface area contributed by atoms with Gasteiger partial charge < -0.3 is 19.7 Å². The van der Waals surface area contributed by atoms with Gasteiger partial charge in [0.05, 0.1) is 6.61 Å². The lowest BCUT2D eigenvalue weighted by atomic mass is 10.2. The molecule has 1 heterocycles. The molecular formula is C8H7NO4. The van der Waals surface area contributed by atoms with Gasteiger partial charge in [-0.1, -0.05) is 0 Å². The summed E-state index contributed by atoms with van der Waals surface area (Å²) < 4.78 is 4.84. The summed E-state index contributed by atoms with van der Waals surface area (Å²) in [4.78, 5) is 3.79. The highest BCUT2D eigenvalue weighted by atomic mass is 16.4. The summed E-state index contributed by atoms with van der Waals surface area (Å²) in [6.45, 7) is -0.267. The van der Waals surface area contributed by atoms with Gasteiger partial charge in [-0.25, -0.2) is 4.98 Å². The number of phenols is 2. The molecule has 0 radical (unpaired) electrons. The lowest BCUT2D eigenvalue weighted by Gasteiger charge is -2.00. The molecule has 5 nitrogen and oxygen atoms in total. The third-order valence-corrected chi connectivity index (χ3v) is 1.81. The van der Waals surface area contributed by atoms with Crippen molar-refractivity contribution >= 4 is 11.1 Å². The van der Waals surface area contributed by atoms with E-state index in [0.29, 0.717) is 11.1 Å². The third kappa shape index (κ3) is 1.01. The Morgan fingerprint density at radius 3 is 2.85 bits per heavy atom. The summed E-state index contributed by atoms with van der Waals surface area (Å²) in [5, 5.41) is 27.4. The van der Waals surface area contributed by atoms with Crippen molar-refractivity contribution in [2.45, 2.75) is 6.61 Å². The van der Waals surface area contributed by atoms with E-state index in [-0.39, 0.29) is 23.7 Å². The van der Waals surface area contributed by atoms with E-state index in [2.05, 4.69) is 4.98 Å². The van der Waals surface area contributed by atoms with Crippen molar-refractivity contribution in [3.63, 3.8) is 0 Å². The minimum absolute atomic E-state index is 0.0871. The Hall–Kier alpha value is -1.75. The van der Waals surface area contributed by atoms with Gasteiger partial charge in [-0.05, 0) is 6.07 Å². The maximum Gasteiger partial charge on any atom is 0.203 e. The van der Waals surface area contributed by atoms with Crippen molar-refractivity contribution in [3.8, 4) is 11.5 Å². The molecule has 0 unspecified atom stereocenters. The second kappa shape index (κ2) is 2.63. The number of hydrogen-bond acceptors (Lipinski definition) is 5. The van der Waals surface area contributed by atoms with Crippen molar-refractivity contribution in [2.75, 3.05) is 0 Å². The quantitative estimate of drug-likeness (QED) is 0.564. The number of aliphatic hydroxyl groups is 1. The molecule has 0 fully saturated rings. The molecular weight excluding hydrogens is 174 g/mol. The van der Waals surface area contributed by atoms with Crippen LogP contribution >= 0.6 is 0 Å². The molecule has 5 heteroatoms. The molecule has 0 spiro atoms. The zero-order valence-electron chi connectivity index (χ0n) is 6.56. The molecule has 0 amide bonds. The lowest BCUT2D eigenvalue weighted by molar-refractivity contribution is 0.282. The molecule has 0 aliphatic rings. The van der Waals surface area contributed by atoms with Gasteiger partial charge in [0.2, 0.25) is 5.75 Å². The fourth-order valence-electron chi connectivity index (χ4n) is 1.18. The molecule has 0 saturated carbocycles. The van der Waals surface area contributed by atoms with E-state index in [9.17, 15) is 10.2 Å². The highest BCUT2D eigenvalue weighted by Crippen LogP contribution is 2.35. The first kappa shape index (κ1) is 7.88. The van der Waals surface area contributed by atoms with Crippen LogP contribution in [0.4, 0.5) is 0 Å². The van der Waals surface area contributed by atoms with E-state index in [0.717, 1.165) is 6.39 Å². The van der Waals surface area contributed by atoms with Gasteiger partial charge in [0.1, 0.15) is 5.52 Å². The number of aliphatic hydroxyl groups excluding tert-OH is 1. The largest absolute Gasteiger partial charge is 0.504 e. The molecule has 1 aromatic carbocycles. The SMILES string of the molecule is OCc1cc(O)c(O)c2ocnc12. The number of aromatic hydroxyl groups is 2. The molecule has 3 N–H and O–H groups in total. The average molecular weight is 181 g/mol. The zero-order chi connectivity index (χ0) is 9.42. The summed E-state index contributed by atoms with van der Waals surface area (Å²) in [5.41, 5.74) is 0.862. The van der Waals surface area contributed by atoms with Gasteiger partial charge in [-0.15, -0.1) is 0 Å². The third-order valence-electron chi connectivity index (χ3n) is 1.81. The Kier molecular flexibility index (Phi) is 1.60. The summed E-state index contributed by atoms with van der Waals surface area (Å²) >= 11 is 0. The number of hydrogen-bond donors (Lipinski definition) is 3. The van der Waals surface area contributed by atoms with Gasteiger partial charge in [0.15, 0.2) is 17.7 Å². The number of benzene rings is 1. The van der Waals surface area contributed by atoms with Gasteiger partial charge >= 0.3 is 0 Å². The first-order valence-corrected chi connectivity index (χ1v) is 3.62. The van der Waals surface area contributed by atoms with Crippen molar-refractivity contribution in [3.05, 3.63) is 18.0 Å². The number of nitrogens with zero attached hydrogens (tertiary/aromatic N) is 1. The molecule has 0 bridgehead atoms. The fourth-order valence-corrected chi connectivity index (χ4v) is 1.18. The highest BCUT2D eigenvalue weighted by Gasteiger charge is 2.13. The van der Waals surface area contributed by atoms with Crippen LogP contribution in [0.2, 0.25) is 0 Å². The topological polar surface area (TPSA) is 86.7 Å². The van der Waals surface area contributed by atoms with Crippen LogP contribution in [0.25, 0.3) is 11.1 Å². The molecule has 68 valence electrons. The summed E-state index contributed by atoms with van der Waals surface area (Å²) in [6.07, 6.45) is 1.14. The van der Waals surface area contributed by atoms with Gasteiger partial charge in [0, 0.05) is 5.56 Å². The fraction of sp³-hybridized carbons (Fsp3) is 0.125. The van der Waals surface area contributed by atoms with E-state index in [1.54, 1.807) is 0 Å². The Bertz CT molecular complexity index is 449. The second-order valence-corrected chi connectivity index (χ2v) is 2.59. The number of aromatic nitrogens is 1. The standard InChI is InChI=1S/C8H7NO4/c10-2-4-1-5(11)7(12)8-6(4)9-3-13-8/h1,3,10-12H,2H2. The maximum atomic E-state index is 9.30. The minimum atomic E-state index is -0.357. The maximum absolute atomic E-state index is 9.30. The predicted octanol–water partition coefficient (Wildman–Crippen LogP) is 0.731. The molecule has 0 aliphatic carbocycles. The number of oxazole rings is 1. The number of rotatable bonds is 1. The van der Waals surface area contributed by atoms with Crippen LogP contribution in [0.1, 0.15) is 5.56 Å². The Morgan fingerprint density at radius 1 is 1.38 bits per heavy atom. The first-order chi connectivity index (χ1) is 6.24. The van der Waals surface area contributed by atoms with Crippen LogP contribution in [0.5, 0.6) is 11.5 Å². The Balaban J connectivity index is 2.87. The van der Waals surface area contributed by atoms with Crippen molar-refractivity contribution in [1.29, 1.82) is 0 Å². The molecule has 2 aromatic rings. The minimum Gasteiger partial charge on any atom is -0.504 e. The molecule has 2 rings (SSSR count). The normalized spacial score (nSPS) is 10.8. The van der Waals surface area contributed by atoms with Crippen LogP contribution < -0.4 is 0 Å². The molecule has 1 aromatic heterocycles. The molecule has 0 aliphatic heterocycles. The van der Waals surface area contributed by atoms with Crippen molar-refractivity contribution < 1.29 is 19.7 Å². The molecule has 0 atom stereocenters. The summed E-state index contributed by atoms with van der Waals surface area (Å²) in [7, 11) is 0.